The molecule has 0 aliphatic rings. The maximum atomic E-state index is 6.29. The molecule has 31 heavy (non-hydrogen) atoms. The lowest BCUT2D eigenvalue weighted by molar-refractivity contribution is 0.566. The topological polar surface area (TPSA) is 82.8 Å². The lowest BCUT2D eigenvalue weighted by atomic mass is 10.2. The highest BCUT2D eigenvalue weighted by molar-refractivity contribution is 7.99. The molecule has 0 bridgehead atoms. The first kappa shape index (κ1) is 21.2. The second-order valence-electron chi connectivity index (χ2n) is 7.23. The summed E-state index contributed by atoms with van der Waals surface area (Å²) in [6.07, 6.45) is 10.1. The molecule has 0 radical (unpaired) electrons. The summed E-state index contributed by atoms with van der Waals surface area (Å²) in [6.45, 7) is 2.93. The van der Waals surface area contributed by atoms with E-state index in [4.69, 9.17) is 20.1 Å². The third-order valence-electron chi connectivity index (χ3n) is 4.96. The fourth-order valence-corrected chi connectivity index (χ4v) is 4.26. The van der Waals surface area contributed by atoms with Gasteiger partial charge in [-0.25, -0.2) is 15.0 Å². The van der Waals surface area contributed by atoms with Crippen LogP contribution in [-0.4, -0.2) is 25.3 Å². The Morgan fingerprint density at radius 2 is 1.94 bits per heavy atom. The average molecular weight is 434 g/mol. The molecule has 4 rings (SSSR count). The van der Waals surface area contributed by atoms with E-state index in [9.17, 15) is 0 Å². The van der Waals surface area contributed by atoms with Crippen LogP contribution in [0, 0.1) is 0 Å². The van der Waals surface area contributed by atoms with Crippen LogP contribution < -0.4 is 5.73 Å². The number of nitrogens with two attached hydrogens (primary N) is 1. The van der Waals surface area contributed by atoms with Gasteiger partial charge in [0.25, 0.3) is 0 Å². The van der Waals surface area contributed by atoms with Gasteiger partial charge in [-0.2, -0.15) is 0 Å². The number of hydrogen-bond donors (Lipinski definition) is 1. The summed E-state index contributed by atoms with van der Waals surface area (Å²) in [7, 11) is 0. The summed E-state index contributed by atoms with van der Waals surface area (Å²) in [6, 6.07) is 14.2. The molecule has 0 spiro atoms. The summed E-state index contributed by atoms with van der Waals surface area (Å²) >= 11 is 1.62. The zero-order valence-corrected chi connectivity index (χ0v) is 18.5. The van der Waals surface area contributed by atoms with E-state index in [2.05, 4.69) is 52.9 Å². The predicted molar refractivity (Wildman–Crippen MR) is 127 cm³/mol. The Hall–Kier alpha value is -3.06. The first-order chi connectivity index (χ1) is 15.3. The number of aromatic nitrogens is 4. The Kier molecular flexibility index (Phi) is 7.04. The van der Waals surface area contributed by atoms with Crippen LogP contribution in [0.5, 0.6) is 0 Å². The number of anilines is 1. The number of fused-ring (bicyclic) bond motifs is 1. The Balaban J connectivity index is 1.59. The lowest BCUT2D eigenvalue weighted by Crippen LogP contribution is -2.04. The molecule has 3 aromatic heterocycles. The number of thioether (sulfide) groups is 1. The SMILES string of the molecule is CC/C=C/CCCn1c(-c2ccco2)nc2c(N)nc(SCCc3ccccc3)nc21. The van der Waals surface area contributed by atoms with E-state index in [0.717, 1.165) is 49.5 Å². The van der Waals surface area contributed by atoms with Crippen molar-refractivity contribution >= 4 is 28.7 Å². The number of aryl methyl sites for hydroxylation is 2. The molecule has 0 unspecified atom stereocenters. The van der Waals surface area contributed by atoms with Crippen molar-refractivity contribution in [1.29, 1.82) is 0 Å². The summed E-state index contributed by atoms with van der Waals surface area (Å²) in [5.41, 5.74) is 8.98. The van der Waals surface area contributed by atoms with E-state index in [-0.39, 0.29) is 0 Å². The fourth-order valence-electron chi connectivity index (χ4n) is 3.43. The quantitative estimate of drug-likeness (QED) is 0.148. The minimum Gasteiger partial charge on any atom is -0.461 e. The van der Waals surface area contributed by atoms with Gasteiger partial charge >= 0.3 is 0 Å². The van der Waals surface area contributed by atoms with Crippen LogP contribution >= 0.6 is 11.8 Å². The van der Waals surface area contributed by atoms with Gasteiger partial charge < -0.3 is 14.7 Å². The van der Waals surface area contributed by atoms with Gasteiger partial charge in [0, 0.05) is 12.3 Å². The Bertz CT molecular complexity index is 1140. The number of nitrogens with zero attached hydrogens (tertiary/aromatic N) is 4. The maximum Gasteiger partial charge on any atom is 0.191 e. The Morgan fingerprint density at radius 3 is 2.71 bits per heavy atom. The van der Waals surface area contributed by atoms with Crippen LogP contribution in [0.2, 0.25) is 0 Å². The monoisotopic (exact) mass is 433 g/mol. The molecule has 3 heterocycles. The first-order valence-corrected chi connectivity index (χ1v) is 11.6. The smallest absolute Gasteiger partial charge is 0.191 e. The molecular weight excluding hydrogens is 406 g/mol. The number of benzene rings is 1. The van der Waals surface area contributed by atoms with Gasteiger partial charge in [-0.3, -0.25) is 0 Å². The van der Waals surface area contributed by atoms with Crippen molar-refractivity contribution < 1.29 is 4.42 Å². The fraction of sp³-hybridized carbons (Fsp3) is 0.292. The van der Waals surface area contributed by atoms with Crippen molar-refractivity contribution in [3.05, 3.63) is 66.4 Å². The van der Waals surface area contributed by atoms with E-state index in [1.807, 2.05) is 18.2 Å². The third kappa shape index (κ3) is 5.17. The van der Waals surface area contributed by atoms with Crippen molar-refractivity contribution in [1.82, 2.24) is 19.5 Å². The summed E-state index contributed by atoms with van der Waals surface area (Å²) in [5, 5.41) is 0.680. The van der Waals surface area contributed by atoms with Gasteiger partial charge in [-0.15, -0.1) is 0 Å². The first-order valence-electron chi connectivity index (χ1n) is 10.7. The van der Waals surface area contributed by atoms with Crippen LogP contribution in [-0.2, 0) is 13.0 Å². The lowest BCUT2D eigenvalue weighted by Gasteiger charge is -2.07. The Morgan fingerprint density at radius 1 is 1.06 bits per heavy atom. The molecule has 2 N–H and O–H groups in total. The van der Waals surface area contributed by atoms with Gasteiger partial charge in [0.2, 0.25) is 0 Å². The zero-order valence-electron chi connectivity index (χ0n) is 17.7. The van der Waals surface area contributed by atoms with Crippen molar-refractivity contribution in [2.75, 3.05) is 11.5 Å². The molecule has 4 aromatic rings. The summed E-state index contributed by atoms with van der Waals surface area (Å²) in [4.78, 5) is 14.1. The van der Waals surface area contributed by atoms with Crippen LogP contribution in [0.15, 0.2) is 70.5 Å². The molecule has 0 amide bonds. The number of rotatable bonds is 10. The molecular formula is C24H27N5OS. The number of unbranched alkanes of at least 4 members (excludes halogenated alkanes) is 1. The van der Waals surface area contributed by atoms with Crippen molar-refractivity contribution in [3.8, 4) is 11.6 Å². The van der Waals surface area contributed by atoms with Crippen molar-refractivity contribution in [2.45, 2.75) is 44.3 Å². The zero-order chi connectivity index (χ0) is 21.5. The molecule has 7 heteroatoms. The standard InChI is InChI=1S/C24H27N5OS/c1-2-3-4-5-9-15-29-22(19-13-10-16-30-19)26-20-21(25)27-24(28-23(20)29)31-17-14-18-11-7-6-8-12-18/h3-4,6-8,10-13,16H,2,5,9,14-15,17H2,1H3,(H2,25,27,28)/b4-3+. The highest BCUT2D eigenvalue weighted by Gasteiger charge is 2.19. The van der Waals surface area contributed by atoms with E-state index < -0.39 is 0 Å². The number of allylic oxidation sites excluding steroid dienone is 2. The molecule has 0 aliphatic carbocycles. The average Bonchev–Trinajstić information content (AvgIpc) is 3.43. The van der Waals surface area contributed by atoms with Gasteiger partial charge in [-0.1, -0.05) is 61.2 Å². The second kappa shape index (κ2) is 10.3. The van der Waals surface area contributed by atoms with Gasteiger partial charge in [0.05, 0.1) is 6.26 Å². The molecule has 160 valence electrons. The minimum atomic E-state index is 0.407. The van der Waals surface area contributed by atoms with E-state index in [1.165, 1.54) is 5.56 Å². The molecule has 0 aliphatic heterocycles. The summed E-state index contributed by atoms with van der Waals surface area (Å²) < 4.78 is 7.73. The molecule has 0 saturated heterocycles. The van der Waals surface area contributed by atoms with E-state index in [1.54, 1.807) is 18.0 Å². The normalized spacial score (nSPS) is 11.6. The van der Waals surface area contributed by atoms with Crippen LogP contribution in [0.25, 0.3) is 22.7 Å². The van der Waals surface area contributed by atoms with Gasteiger partial charge in [-0.05, 0) is 43.4 Å². The highest BCUT2D eigenvalue weighted by atomic mass is 32.2. The second-order valence-corrected chi connectivity index (χ2v) is 8.30. The van der Waals surface area contributed by atoms with Gasteiger partial charge in [0.1, 0.15) is 0 Å². The molecule has 0 atom stereocenters. The number of furan rings is 1. The maximum absolute atomic E-state index is 6.29. The number of hydrogen-bond acceptors (Lipinski definition) is 6. The molecule has 0 fully saturated rings. The minimum absolute atomic E-state index is 0.407. The molecule has 1 aromatic carbocycles. The number of nitrogen functional groups attached to an aromatic ring is 1. The largest absolute Gasteiger partial charge is 0.461 e. The molecule has 0 saturated carbocycles. The van der Waals surface area contributed by atoms with Crippen molar-refractivity contribution in [3.63, 3.8) is 0 Å². The van der Waals surface area contributed by atoms with Crippen LogP contribution in [0.3, 0.4) is 0 Å². The van der Waals surface area contributed by atoms with Gasteiger partial charge in [0.15, 0.2) is 33.7 Å². The van der Waals surface area contributed by atoms with E-state index >= 15 is 0 Å². The van der Waals surface area contributed by atoms with E-state index in [0.29, 0.717) is 22.3 Å². The van der Waals surface area contributed by atoms with Crippen molar-refractivity contribution in [2.24, 2.45) is 0 Å². The predicted octanol–water partition coefficient (Wildman–Crippen LogP) is 5.75. The molecule has 6 nitrogen and oxygen atoms in total. The highest BCUT2D eigenvalue weighted by Crippen LogP contribution is 2.29. The Labute approximate surface area is 186 Å². The van der Waals surface area contributed by atoms with Crippen LogP contribution in [0.4, 0.5) is 5.82 Å². The number of imidazole rings is 1. The third-order valence-corrected chi connectivity index (χ3v) is 5.81. The summed E-state index contributed by atoms with van der Waals surface area (Å²) in [5.74, 6) is 2.74. The van der Waals surface area contributed by atoms with Crippen LogP contribution in [0.1, 0.15) is 31.7 Å².